The number of hydrogen-bond acceptors (Lipinski definition) is 7. The van der Waals surface area contributed by atoms with Gasteiger partial charge < -0.3 is 28.0 Å². The van der Waals surface area contributed by atoms with Crippen molar-refractivity contribution in [3.63, 3.8) is 0 Å². The molecule has 0 amide bonds. The normalized spacial score (nSPS) is 42.3. The summed E-state index contributed by atoms with van der Waals surface area (Å²) < 4.78 is 46.4. The highest BCUT2D eigenvalue weighted by Crippen LogP contribution is 2.49. The fourth-order valence-corrected chi connectivity index (χ4v) is 4.57. The zero-order valence-corrected chi connectivity index (χ0v) is 16.4. The van der Waals surface area contributed by atoms with Crippen molar-refractivity contribution in [2.24, 2.45) is 5.92 Å². The lowest BCUT2D eigenvalue weighted by molar-refractivity contribution is -0.0380. The molecule has 8 unspecified atom stereocenters. The minimum absolute atomic E-state index is 0.0204. The Balaban J connectivity index is 1.91. The summed E-state index contributed by atoms with van der Waals surface area (Å²) in [6.07, 6.45) is 0.0925. The van der Waals surface area contributed by atoms with Gasteiger partial charge in [0.1, 0.15) is 18.3 Å². The second-order valence-electron chi connectivity index (χ2n) is 6.83. The summed E-state index contributed by atoms with van der Waals surface area (Å²) in [5.41, 5.74) is 0. The van der Waals surface area contributed by atoms with Gasteiger partial charge in [0.15, 0.2) is 0 Å². The minimum atomic E-state index is -3.25. The second kappa shape index (κ2) is 8.58. The third-order valence-corrected chi connectivity index (χ3v) is 6.07. The summed E-state index contributed by atoms with van der Waals surface area (Å²) in [4.78, 5) is 0. The standard InChI is InChI=1S/C16H31O7P/c1-10-7-13(19-5)14(21-10)9-20-24(6,17)23-16-11(2)12(3)22-15(16)8-18-4/h10-16H,7-9H2,1-6H3. The van der Waals surface area contributed by atoms with Crippen molar-refractivity contribution in [1.29, 1.82) is 0 Å². The third-order valence-electron chi connectivity index (χ3n) is 4.82. The Morgan fingerprint density at radius 2 is 1.79 bits per heavy atom. The van der Waals surface area contributed by atoms with Gasteiger partial charge in [-0.25, -0.2) is 0 Å². The largest absolute Gasteiger partial charge is 0.382 e. The van der Waals surface area contributed by atoms with Crippen LogP contribution in [0, 0.1) is 5.92 Å². The molecule has 7 nitrogen and oxygen atoms in total. The molecule has 0 aromatic heterocycles. The summed E-state index contributed by atoms with van der Waals surface area (Å²) >= 11 is 0. The molecule has 142 valence electrons. The Kier molecular flexibility index (Phi) is 7.26. The van der Waals surface area contributed by atoms with Crippen LogP contribution in [0.25, 0.3) is 0 Å². The van der Waals surface area contributed by atoms with E-state index in [1.807, 2.05) is 20.8 Å². The van der Waals surface area contributed by atoms with Crippen LogP contribution in [0.2, 0.25) is 0 Å². The molecule has 2 rings (SSSR count). The molecule has 8 heteroatoms. The summed E-state index contributed by atoms with van der Waals surface area (Å²) in [6.45, 7) is 8.06. The first-order valence-electron chi connectivity index (χ1n) is 8.50. The Morgan fingerprint density at radius 1 is 1.08 bits per heavy atom. The average Bonchev–Trinajstić information content (AvgIpc) is 3.00. The van der Waals surface area contributed by atoms with E-state index in [0.29, 0.717) is 6.61 Å². The Labute approximate surface area is 144 Å². The van der Waals surface area contributed by atoms with E-state index in [-0.39, 0.29) is 49.1 Å². The molecule has 0 spiro atoms. The molecule has 0 aliphatic carbocycles. The van der Waals surface area contributed by atoms with Crippen molar-refractivity contribution in [3.05, 3.63) is 0 Å². The van der Waals surface area contributed by atoms with E-state index in [1.165, 1.54) is 6.66 Å². The molecule has 0 aromatic rings. The van der Waals surface area contributed by atoms with Gasteiger partial charge in [-0.3, -0.25) is 4.57 Å². The van der Waals surface area contributed by atoms with Gasteiger partial charge in [0.2, 0.25) is 0 Å². The highest BCUT2D eigenvalue weighted by Gasteiger charge is 2.44. The molecule has 0 bridgehead atoms. The van der Waals surface area contributed by atoms with Crippen LogP contribution in [-0.2, 0) is 32.6 Å². The van der Waals surface area contributed by atoms with Gasteiger partial charge in [-0.05, 0) is 13.8 Å². The molecule has 0 saturated carbocycles. The van der Waals surface area contributed by atoms with E-state index in [0.717, 1.165) is 6.42 Å². The fraction of sp³-hybridized carbons (Fsp3) is 1.00. The Hall–Kier alpha value is -0.0100. The lowest BCUT2D eigenvalue weighted by Crippen LogP contribution is -2.32. The quantitative estimate of drug-likeness (QED) is 0.611. The molecule has 24 heavy (non-hydrogen) atoms. The topological polar surface area (TPSA) is 72.5 Å². The van der Waals surface area contributed by atoms with Gasteiger partial charge in [-0.2, -0.15) is 0 Å². The van der Waals surface area contributed by atoms with E-state index in [9.17, 15) is 4.57 Å². The van der Waals surface area contributed by atoms with E-state index < -0.39 is 7.60 Å². The van der Waals surface area contributed by atoms with Crippen LogP contribution >= 0.6 is 7.60 Å². The first-order chi connectivity index (χ1) is 11.3. The maximum absolute atomic E-state index is 12.8. The van der Waals surface area contributed by atoms with E-state index >= 15 is 0 Å². The van der Waals surface area contributed by atoms with Crippen molar-refractivity contribution in [3.8, 4) is 0 Å². The summed E-state index contributed by atoms with van der Waals surface area (Å²) in [7, 11) is 0.0120. The second-order valence-corrected chi connectivity index (χ2v) is 8.84. The van der Waals surface area contributed by atoms with Crippen molar-refractivity contribution in [2.45, 2.75) is 63.8 Å². The lowest BCUT2D eigenvalue weighted by atomic mass is 10.00. The third kappa shape index (κ3) is 5.01. The Morgan fingerprint density at radius 3 is 2.42 bits per heavy atom. The molecular weight excluding hydrogens is 335 g/mol. The first-order valence-corrected chi connectivity index (χ1v) is 10.5. The van der Waals surface area contributed by atoms with Gasteiger partial charge in [0.05, 0.1) is 31.5 Å². The zero-order chi connectivity index (χ0) is 17.9. The highest BCUT2D eigenvalue weighted by molar-refractivity contribution is 7.53. The van der Waals surface area contributed by atoms with Gasteiger partial charge in [-0.1, -0.05) is 6.92 Å². The van der Waals surface area contributed by atoms with Gasteiger partial charge in [0.25, 0.3) is 0 Å². The maximum atomic E-state index is 12.8. The molecule has 2 fully saturated rings. The molecule has 2 saturated heterocycles. The van der Waals surface area contributed by atoms with Crippen LogP contribution in [0.3, 0.4) is 0 Å². The summed E-state index contributed by atoms with van der Waals surface area (Å²) in [6, 6.07) is 0. The molecule has 0 N–H and O–H groups in total. The zero-order valence-electron chi connectivity index (χ0n) is 15.5. The fourth-order valence-electron chi connectivity index (χ4n) is 3.32. The summed E-state index contributed by atoms with van der Waals surface area (Å²) in [5, 5.41) is 0. The summed E-state index contributed by atoms with van der Waals surface area (Å²) in [5.74, 6) is 0.108. The Bertz CT molecular complexity index is 446. The average molecular weight is 366 g/mol. The molecule has 2 aliphatic rings. The van der Waals surface area contributed by atoms with Crippen LogP contribution in [0.15, 0.2) is 0 Å². The molecule has 0 radical (unpaired) electrons. The predicted molar refractivity (Wildman–Crippen MR) is 89.5 cm³/mol. The predicted octanol–water partition coefficient (Wildman–Crippen LogP) is 2.47. The smallest absolute Gasteiger partial charge is 0.328 e. The minimum Gasteiger partial charge on any atom is -0.382 e. The molecule has 2 aliphatic heterocycles. The van der Waals surface area contributed by atoms with Crippen LogP contribution in [-0.4, -0.2) is 70.7 Å². The van der Waals surface area contributed by atoms with Gasteiger partial charge in [0, 0.05) is 33.2 Å². The number of ether oxygens (including phenoxy) is 4. The maximum Gasteiger partial charge on any atom is 0.328 e. The molecule has 0 aromatic carbocycles. The lowest BCUT2D eigenvalue weighted by Gasteiger charge is -2.26. The first kappa shape index (κ1) is 20.3. The van der Waals surface area contributed by atoms with Crippen molar-refractivity contribution >= 4 is 7.60 Å². The molecule has 2 heterocycles. The van der Waals surface area contributed by atoms with E-state index in [2.05, 4.69) is 0 Å². The SMILES string of the molecule is COCC1OC(C)C(C)C1OP(C)(=O)OCC1OC(C)CC1OC. The van der Waals surface area contributed by atoms with Crippen LogP contribution in [0.5, 0.6) is 0 Å². The molecule has 8 atom stereocenters. The van der Waals surface area contributed by atoms with Crippen molar-refractivity contribution in [1.82, 2.24) is 0 Å². The van der Waals surface area contributed by atoms with Gasteiger partial charge in [-0.15, -0.1) is 0 Å². The number of rotatable bonds is 8. The van der Waals surface area contributed by atoms with Crippen LogP contribution < -0.4 is 0 Å². The number of methoxy groups -OCH3 is 2. The number of hydrogen-bond donors (Lipinski definition) is 0. The van der Waals surface area contributed by atoms with E-state index in [1.54, 1.807) is 14.2 Å². The van der Waals surface area contributed by atoms with Crippen molar-refractivity contribution < 1.29 is 32.6 Å². The van der Waals surface area contributed by atoms with E-state index in [4.69, 9.17) is 28.0 Å². The monoisotopic (exact) mass is 366 g/mol. The highest BCUT2D eigenvalue weighted by atomic mass is 31.2. The van der Waals surface area contributed by atoms with Crippen LogP contribution in [0.1, 0.15) is 27.2 Å². The van der Waals surface area contributed by atoms with Gasteiger partial charge >= 0.3 is 7.60 Å². The van der Waals surface area contributed by atoms with Crippen LogP contribution in [0.4, 0.5) is 0 Å². The molecular formula is C16H31O7P. The van der Waals surface area contributed by atoms with Crippen molar-refractivity contribution in [2.75, 3.05) is 34.1 Å².